The lowest BCUT2D eigenvalue weighted by Crippen LogP contribution is -1.82. The lowest BCUT2D eigenvalue weighted by Gasteiger charge is -2.03. The number of benzene rings is 4. The van der Waals surface area contributed by atoms with Gasteiger partial charge < -0.3 is 0 Å². The molecule has 34 heavy (non-hydrogen) atoms. The monoisotopic (exact) mass is 565 g/mol. The summed E-state index contributed by atoms with van der Waals surface area (Å²) in [6.07, 6.45) is 12.7. The Morgan fingerprint density at radius 3 is 1.06 bits per heavy atom. The zero-order valence-corrected chi connectivity index (χ0v) is 21.5. The van der Waals surface area contributed by atoms with Gasteiger partial charge in [-0.05, 0) is 88.0 Å². The minimum absolute atomic E-state index is 0.664. The van der Waals surface area contributed by atoms with E-state index >= 15 is 0 Å². The van der Waals surface area contributed by atoms with Crippen LogP contribution in [-0.4, -0.2) is 0 Å². The van der Waals surface area contributed by atoms with Gasteiger partial charge in [-0.1, -0.05) is 105 Å². The molecule has 0 aliphatic carbocycles. The first-order chi connectivity index (χ1) is 16.6. The second-order valence-electron chi connectivity index (χ2n) is 7.77. The molecule has 0 fully saturated rings. The van der Waals surface area contributed by atoms with Crippen molar-refractivity contribution < 1.29 is 0 Å². The lowest BCUT2D eigenvalue weighted by molar-refractivity contribution is 1.48. The molecule has 0 radical (unpaired) electrons. The van der Waals surface area contributed by atoms with E-state index in [4.69, 9.17) is 5.26 Å². The summed E-state index contributed by atoms with van der Waals surface area (Å²) in [5.74, 6) is 0. The standard InChI is InChI=1S/C31H21Br2N/c32-30-15-11-24(12-16-30)4-9-28-19-27(8-3-23-1-6-26(22-34)7-2-23)20-29(21-28)10-5-25-13-17-31(33)18-14-25/h1-21H/b8-3+,9-4+,10-5+. The van der Waals surface area contributed by atoms with E-state index in [1.54, 1.807) is 0 Å². The zero-order chi connectivity index (χ0) is 23.8. The van der Waals surface area contributed by atoms with Crippen LogP contribution in [0.4, 0.5) is 0 Å². The number of halogens is 2. The van der Waals surface area contributed by atoms with Gasteiger partial charge in [0.15, 0.2) is 0 Å². The molecule has 4 aromatic carbocycles. The van der Waals surface area contributed by atoms with E-state index in [1.165, 1.54) is 0 Å². The molecule has 4 rings (SSSR count). The first-order valence-electron chi connectivity index (χ1n) is 10.8. The molecule has 0 aliphatic rings. The van der Waals surface area contributed by atoms with Crippen molar-refractivity contribution >= 4 is 68.3 Å². The highest BCUT2D eigenvalue weighted by Gasteiger charge is 1.98. The highest BCUT2D eigenvalue weighted by molar-refractivity contribution is 9.10. The van der Waals surface area contributed by atoms with Gasteiger partial charge >= 0.3 is 0 Å². The van der Waals surface area contributed by atoms with E-state index in [9.17, 15) is 0 Å². The molecule has 0 amide bonds. The quantitative estimate of drug-likeness (QED) is 0.213. The zero-order valence-electron chi connectivity index (χ0n) is 18.3. The maximum Gasteiger partial charge on any atom is 0.0991 e. The Bertz CT molecular complexity index is 1310. The molecule has 1 nitrogen and oxygen atoms in total. The summed E-state index contributed by atoms with van der Waals surface area (Å²) in [7, 11) is 0. The first kappa shape index (κ1) is 23.7. The Labute approximate surface area is 217 Å². The number of hydrogen-bond acceptors (Lipinski definition) is 1. The lowest BCUT2D eigenvalue weighted by atomic mass is 10.0. The molecule has 0 saturated heterocycles. The van der Waals surface area contributed by atoms with Crippen LogP contribution in [0.15, 0.2) is 99.9 Å². The van der Waals surface area contributed by atoms with Gasteiger partial charge in [0.2, 0.25) is 0 Å². The van der Waals surface area contributed by atoms with Crippen LogP contribution in [0, 0.1) is 11.3 Å². The summed E-state index contributed by atoms with van der Waals surface area (Å²) in [5.41, 5.74) is 7.38. The smallest absolute Gasteiger partial charge is 0.0991 e. The fraction of sp³-hybridized carbons (Fsp3) is 0. The Morgan fingerprint density at radius 1 is 0.441 bits per heavy atom. The molecular formula is C31H21Br2N. The number of nitriles is 1. The Morgan fingerprint density at radius 2 is 0.735 bits per heavy atom. The van der Waals surface area contributed by atoms with Gasteiger partial charge in [0.25, 0.3) is 0 Å². The molecule has 0 unspecified atom stereocenters. The van der Waals surface area contributed by atoms with Gasteiger partial charge in [-0.25, -0.2) is 0 Å². The largest absolute Gasteiger partial charge is 0.192 e. The number of nitrogens with zero attached hydrogens (tertiary/aromatic N) is 1. The van der Waals surface area contributed by atoms with Gasteiger partial charge in [-0.3, -0.25) is 0 Å². The van der Waals surface area contributed by atoms with Crippen molar-refractivity contribution in [2.45, 2.75) is 0 Å². The van der Waals surface area contributed by atoms with Crippen molar-refractivity contribution in [1.82, 2.24) is 0 Å². The minimum atomic E-state index is 0.664. The highest BCUT2D eigenvalue weighted by atomic mass is 79.9. The maximum absolute atomic E-state index is 9.00. The third-order valence-corrected chi connectivity index (χ3v) is 6.24. The minimum Gasteiger partial charge on any atom is -0.192 e. The van der Waals surface area contributed by atoms with Crippen LogP contribution >= 0.6 is 31.9 Å². The van der Waals surface area contributed by atoms with Crippen LogP contribution in [0.25, 0.3) is 36.5 Å². The second-order valence-corrected chi connectivity index (χ2v) is 9.60. The van der Waals surface area contributed by atoms with Crippen LogP contribution < -0.4 is 0 Å². The van der Waals surface area contributed by atoms with Crippen molar-refractivity contribution in [3.05, 3.63) is 139 Å². The van der Waals surface area contributed by atoms with E-state index in [2.05, 4.69) is 117 Å². The van der Waals surface area contributed by atoms with Crippen molar-refractivity contribution in [3.63, 3.8) is 0 Å². The molecule has 0 N–H and O–H groups in total. The fourth-order valence-electron chi connectivity index (χ4n) is 3.38. The second kappa shape index (κ2) is 11.6. The number of rotatable bonds is 6. The summed E-state index contributed by atoms with van der Waals surface area (Å²) in [6.45, 7) is 0. The molecular weight excluding hydrogens is 546 g/mol. The van der Waals surface area contributed by atoms with Gasteiger partial charge in [0.1, 0.15) is 0 Å². The Hall–Kier alpha value is -3.45. The normalized spacial score (nSPS) is 11.4. The SMILES string of the molecule is N#Cc1ccc(/C=C/c2cc(/C=C/c3ccc(Br)cc3)cc(/C=C/c3ccc(Br)cc3)c2)cc1. The molecule has 0 heterocycles. The van der Waals surface area contributed by atoms with Crippen molar-refractivity contribution in [2.75, 3.05) is 0 Å². The average molecular weight is 567 g/mol. The van der Waals surface area contributed by atoms with Gasteiger partial charge in [-0.2, -0.15) is 5.26 Å². The third kappa shape index (κ3) is 7.02. The summed E-state index contributed by atoms with van der Waals surface area (Å²) in [4.78, 5) is 0. The van der Waals surface area contributed by atoms with E-state index in [1.807, 2.05) is 48.5 Å². The van der Waals surface area contributed by atoms with E-state index in [0.29, 0.717) is 5.56 Å². The molecule has 3 heteroatoms. The van der Waals surface area contributed by atoms with Gasteiger partial charge in [-0.15, -0.1) is 0 Å². The molecule has 0 saturated carbocycles. The third-order valence-electron chi connectivity index (χ3n) is 5.18. The van der Waals surface area contributed by atoms with Crippen LogP contribution in [0.5, 0.6) is 0 Å². The number of hydrogen-bond donors (Lipinski definition) is 0. The van der Waals surface area contributed by atoms with E-state index < -0.39 is 0 Å². The summed E-state index contributed by atoms with van der Waals surface area (Å²) >= 11 is 6.98. The van der Waals surface area contributed by atoms with Crippen LogP contribution in [0.2, 0.25) is 0 Å². The van der Waals surface area contributed by atoms with E-state index in [-0.39, 0.29) is 0 Å². The molecule has 4 aromatic rings. The van der Waals surface area contributed by atoms with Gasteiger partial charge in [0, 0.05) is 8.95 Å². The summed E-state index contributed by atoms with van der Waals surface area (Å²) in [6, 6.07) is 32.8. The molecule has 0 bridgehead atoms. The highest BCUT2D eigenvalue weighted by Crippen LogP contribution is 2.20. The predicted molar refractivity (Wildman–Crippen MR) is 153 cm³/mol. The van der Waals surface area contributed by atoms with Crippen molar-refractivity contribution in [3.8, 4) is 6.07 Å². The van der Waals surface area contributed by atoms with Crippen LogP contribution in [-0.2, 0) is 0 Å². The molecule has 0 aromatic heterocycles. The molecule has 0 spiro atoms. The van der Waals surface area contributed by atoms with Crippen LogP contribution in [0.3, 0.4) is 0 Å². The summed E-state index contributed by atoms with van der Waals surface area (Å²) in [5, 5.41) is 9.00. The molecule has 0 atom stereocenters. The predicted octanol–water partition coefficient (Wildman–Crippen LogP) is 9.59. The maximum atomic E-state index is 9.00. The van der Waals surface area contributed by atoms with Gasteiger partial charge in [0.05, 0.1) is 11.6 Å². The molecule has 164 valence electrons. The first-order valence-corrected chi connectivity index (χ1v) is 12.4. The van der Waals surface area contributed by atoms with Crippen LogP contribution in [0.1, 0.15) is 38.9 Å². The summed E-state index contributed by atoms with van der Waals surface area (Å²) < 4.78 is 2.14. The van der Waals surface area contributed by atoms with Crippen molar-refractivity contribution in [1.29, 1.82) is 5.26 Å². The fourth-order valence-corrected chi connectivity index (χ4v) is 3.91. The van der Waals surface area contributed by atoms with Crippen molar-refractivity contribution in [2.24, 2.45) is 0 Å². The molecule has 0 aliphatic heterocycles. The Balaban J connectivity index is 1.64. The average Bonchev–Trinajstić information content (AvgIpc) is 2.87. The van der Waals surface area contributed by atoms with E-state index in [0.717, 1.165) is 42.3 Å². The Kier molecular flexibility index (Phi) is 8.09. The topological polar surface area (TPSA) is 23.8 Å².